The molecule has 1 unspecified atom stereocenters. The Kier molecular flexibility index (Phi) is 5.19. The van der Waals surface area contributed by atoms with Crippen molar-refractivity contribution >= 4 is 43.2 Å². The van der Waals surface area contributed by atoms with Crippen LogP contribution in [0, 0.1) is 0 Å². The molecule has 0 bridgehead atoms. The maximum absolute atomic E-state index is 12.1. The van der Waals surface area contributed by atoms with Gasteiger partial charge in [0.15, 0.2) is 0 Å². The lowest BCUT2D eigenvalue weighted by Gasteiger charge is -2.34. The van der Waals surface area contributed by atoms with Crippen molar-refractivity contribution in [2.75, 3.05) is 26.2 Å². The van der Waals surface area contributed by atoms with Gasteiger partial charge < -0.3 is 10.2 Å². The second kappa shape index (κ2) is 6.52. The molecule has 0 saturated carbocycles. The summed E-state index contributed by atoms with van der Waals surface area (Å²) in [6.45, 7) is 3.81. The molecule has 2 N–H and O–H groups in total. The number of carbonyl (C=O) groups excluding carboxylic acids is 1. The number of carbonyl (C=O) groups is 1. The largest absolute Gasteiger partial charge is 0.336 e. The van der Waals surface area contributed by atoms with Crippen molar-refractivity contribution in [3.8, 4) is 0 Å². The lowest BCUT2D eigenvalue weighted by atomic mass is 10.2. The summed E-state index contributed by atoms with van der Waals surface area (Å²) in [4.78, 5) is 13.8. The molecular formula is C11H16BrN3O3S2. The Morgan fingerprint density at radius 2 is 2.35 bits per heavy atom. The molecule has 1 fully saturated rings. The van der Waals surface area contributed by atoms with Crippen LogP contribution in [0.2, 0.25) is 0 Å². The highest BCUT2D eigenvalue weighted by molar-refractivity contribution is 9.11. The third-order valence-electron chi connectivity index (χ3n) is 3.05. The molecule has 1 atom stereocenters. The van der Waals surface area contributed by atoms with Crippen LogP contribution in [-0.4, -0.2) is 51.4 Å². The topological polar surface area (TPSA) is 78.5 Å². The second-order valence-corrected chi connectivity index (χ2v) is 8.98. The molecule has 6 nitrogen and oxygen atoms in total. The first-order chi connectivity index (χ1) is 9.40. The summed E-state index contributed by atoms with van der Waals surface area (Å²) in [6, 6.07) is 3.26. The smallest absolute Gasteiger partial charge is 0.250 e. The lowest BCUT2D eigenvalue weighted by molar-refractivity contribution is -0.132. The number of nitrogens with zero attached hydrogens (tertiary/aromatic N) is 1. The molecule has 2 heterocycles. The standard InChI is InChI=1S/C11H16BrN3O3S2/c1-8-6-13-4-5-15(8)10(16)7-14-20(17,18)11-3-2-9(12)19-11/h2-3,8,13-14H,4-7H2,1H3. The van der Waals surface area contributed by atoms with Crippen molar-refractivity contribution in [1.82, 2.24) is 14.9 Å². The molecule has 1 aromatic heterocycles. The van der Waals surface area contributed by atoms with E-state index in [0.717, 1.165) is 28.2 Å². The van der Waals surface area contributed by atoms with Gasteiger partial charge in [0.05, 0.1) is 10.3 Å². The predicted octanol–water partition coefficient (Wildman–Crippen LogP) is 0.609. The first-order valence-electron chi connectivity index (χ1n) is 6.15. The maximum atomic E-state index is 12.1. The van der Waals surface area contributed by atoms with Gasteiger partial charge in [0.2, 0.25) is 5.91 Å². The van der Waals surface area contributed by atoms with Crippen molar-refractivity contribution in [3.05, 3.63) is 15.9 Å². The van der Waals surface area contributed by atoms with Crippen LogP contribution < -0.4 is 10.0 Å². The Balaban J connectivity index is 1.96. The number of hydrogen-bond acceptors (Lipinski definition) is 5. The summed E-state index contributed by atoms with van der Waals surface area (Å²) in [5.74, 6) is -0.196. The number of nitrogens with one attached hydrogen (secondary N) is 2. The minimum Gasteiger partial charge on any atom is -0.336 e. The molecule has 0 aliphatic carbocycles. The summed E-state index contributed by atoms with van der Waals surface area (Å²) in [7, 11) is -3.62. The van der Waals surface area contributed by atoms with Gasteiger partial charge >= 0.3 is 0 Å². The number of sulfonamides is 1. The molecule has 0 radical (unpaired) electrons. The van der Waals surface area contributed by atoms with Crippen LogP contribution in [0.1, 0.15) is 6.92 Å². The molecule has 0 aromatic carbocycles. The molecule has 9 heteroatoms. The van der Waals surface area contributed by atoms with Gasteiger partial charge in [0.25, 0.3) is 10.0 Å². The second-order valence-electron chi connectivity index (χ2n) is 4.52. The predicted molar refractivity (Wildman–Crippen MR) is 81.3 cm³/mol. The molecule has 1 amide bonds. The third kappa shape index (κ3) is 3.79. The molecule has 1 saturated heterocycles. The summed E-state index contributed by atoms with van der Waals surface area (Å²) in [6.07, 6.45) is 0. The molecule has 2 rings (SSSR count). The van der Waals surface area contributed by atoms with Crippen LogP contribution in [0.25, 0.3) is 0 Å². The van der Waals surface area contributed by atoms with Crippen molar-refractivity contribution in [3.63, 3.8) is 0 Å². The Labute approximate surface area is 130 Å². The Morgan fingerprint density at radius 3 is 2.95 bits per heavy atom. The minimum absolute atomic E-state index is 0.0802. The summed E-state index contributed by atoms with van der Waals surface area (Å²) >= 11 is 4.33. The first kappa shape index (κ1) is 15.9. The van der Waals surface area contributed by atoms with E-state index in [2.05, 4.69) is 26.0 Å². The number of halogens is 1. The highest BCUT2D eigenvalue weighted by Gasteiger charge is 2.25. The SMILES string of the molecule is CC1CNCCN1C(=O)CNS(=O)(=O)c1ccc(Br)s1. The van der Waals surface area contributed by atoms with Gasteiger partial charge in [-0.05, 0) is 35.0 Å². The number of rotatable bonds is 4. The first-order valence-corrected chi connectivity index (χ1v) is 9.24. The van der Waals surface area contributed by atoms with Gasteiger partial charge in [-0.3, -0.25) is 4.79 Å². The molecule has 1 aliphatic rings. The fraction of sp³-hybridized carbons (Fsp3) is 0.545. The lowest BCUT2D eigenvalue weighted by Crippen LogP contribution is -2.54. The zero-order valence-corrected chi connectivity index (χ0v) is 14.1. The van der Waals surface area contributed by atoms with E-state index < -0.39 is 10.0 Å². The van der Waals surface area contributed by atoms with Gasteiger partial charge in [-0.2, -0.15) is 0 Å². The van der Waals surface area contributed by atoms with E-state index in [0.29, 0.717) is 6.54 Å². The van der Waals surface area contributed by atoms with E-state index in [1.165, 1.54) is 6.07 Å². The fourth-order valence-corrected chi connectivity index (χ4v) is 5.01. The summed E-state index contributed by atoms with van der Waals surface area (Å²) < 4.78 is 27.3. The van der Waals surface area contributed by atoms with E-state index in [4.69, 9.17) is 0 Å². The fourth-order valence-electron chi connectivity index (χ4n) is 1.98. The quantitative estimate of drug-likeness (QED) is 0.800. The van der Waals surface area contributed by atoms with Crippen LogP contribution in [0.15, 0.2) is 20.1 Å². The van der Waals surface area contributed by atoms with Gasteiger partial charge in [0.1, 0.15) is 4.21 Å². The molecule has 1 aliphatic heterocycles. The number of hydrogen-bond donors (Lipinski definition) is 2. The third-order valence-corrected chi connectivity index (χ3v) is 6.57. The number of piperazine rings is 1. The Hall–Kier alpha value is -0.480. The van der Waals surface area contributed by atoms with Crippen LogP contribution in [0.5, 0.6) is 0 Å². The van der Waals surface area contributed by atoms with Crippen LogP contribution in [0.3, 0.4) is 0 Å². The van der Waals surface area contributed by atoms with Gasteiger partial charge in [-0.25, -0.2) is 13.1 Å². The Bertz CT molecular complexity index is 587. The molecule has 20 heavy (non-hydrogen) atoms. The average Bonchev–Trinajstić information content (AvgIpc) is 2.84. The van der Waals surface area contributed by atoms with Crippen molar-refractivity contribution in [2.45, 2.75) is 17.2 Å². The van der Waals surface area contributed by atoms with E-state index in [1.54, 1.807) is 11.0 Å². The van der Waals surface area contributed by atoms with Crippen LogP contribution in [0.4, 0.5) is 0 Å². The summed E-state index contributed by atoms with van der Waals surface area (Å²) in [5, 5.41) is 3.18. The Morgan fingerprint density at radius 1 is 1.60 bits per heavy atom. The molecule has 1 aromatic rings. The van der Waals surface area contributed by atoms with E-state index in [9.17, 15) is 13.2 Å². The van der Waals surface area contributed by atoms with E-state index in [-0.39, 0.29) is 22.7 Å². The average molecular weight is 382 g/mol. The highest BCUT2D eigenvalue weighted by Crippen LogP contribution is 2.25. The number of thiophene rings is 1. The monoisotopic (exact) mass is 381 g/mol. The van der Waals surface area contributed by atoms with Crippen LogP contribution >= 0.6 is 27.3 Å². The summed E-state index contributed by atoms with van der Waals surface area (Å²) in [5.41, 5.74) is 0. The maximum Gasteiger partial charge on any atom is 0.250 e. The van der Waals surface area contributed by atoms with Gasteiger partial charge in [-0.15, -0.1) is 11.3 Å². The molecule has 0 spiro atoms. The van der Waals surface area contributed by atoms with E-state index in [1.807, 2.05) is 6.92 Å². The normalized spacial score (nSPS) is 20.1. The van der Waals surface area contributed by atoms with E-state index >= 15 is 0 Å². The van der Waals surface area contributed by atoms with Crippen LogP contribution in [-0.2, 0) is 14.8 Å². The van der Waals surface area contributed by atoms with Gasteiger partial charge in [0, 0.05) is 25.7 Å². The van der Waals surface area contributed by atoms with Gasteiger partial charge in [-0.1, -0.05) is 0 Å². The highest BCUT2D eigenvalue weighted by atomic mass is 79.9. The molecule has 112 valence electrons. The van der Waals surface area contributed by atoms with Crippen molar-refractivity contribution in [2.24, 2.45) is 0 Å². The van der Waals surface area contributed by atoms with Crippen molar-refractivity contribution in [1.29, 1.82) is 0 Å². The minimum atomic E-state index is -3.62. The zero-order valence-electron chi connectivity index (χ0n) is 10.9. The number of amides is 1. The molecular weight excluding hydrogens is 366 g/mol. The van der Waals surface area contributed by atoms with Crippen molar-refractivity contribution < 1.29 is 13.2 Å². The zero-order chi connectivity index (χ0) is 14.8.